The van der Waals surface area contributed by atoms with Crippen LogP contribution in [0.1, 0.15) is 40.2 Å². The summed E-state index contributed by atoms with van der Waals surface area (Å²) < 4.78 is 2.24. The molecule has 1 aliphatic rings. The van der Waals surface area contributed by atoms with Gasteiger partial charge in [-0.25, -0.2) is 0 Å². The van der Waals surface area contributed by atoms with E-state index in [1.807, 2.05) is 24.1 Å². The smallest absolute Gasteiger partial charge is 0.255 e. The Labute approximate surface area is 144 Å². The summed E-state index contributed by atoms with van der Waals surface area (Å²) in [4.78, 5) is 14.9. The number of benzene rings is 1. The Bertz CT molecular complexity index is 697. The van der Waals surface area contributed by atoms with Crippen molar-refractivity contribution in [3.8, 4) is 0 Å². The molecule has 1 fully saturated rings. The van der Waals surface area contributed by atoms with Crippen LogP contribution in [0, 0.1) is 13.8 Å². The van der Waals surface area contributed by atoms with Crippen LogP contribution in [-0.2, 0) is 6.54 Å². The van der Waals surface area contributed by atoms with Gasteiger partial charge in [0.1, 0.15) is 0 Å². The predicted octanol–water partition coefficient (Wildman–Crippen LogP) is 2.98. The lowest BCUT2D eigenvalue weighted by molar-refractivity contribution is 0.0706. The summed E-state index contributed by atoms with van der Waals surface area (Å²) in [6.45, 7) is 6.64. The van der Waals surface area contributed by atoms with Crippen molar-refractivity contribution >= 4 is 5.91 Å². The largest absolute Gasteiger partial charge is 0.344 e. The molecule has 0 radical (unpaired) electrons. The van der Waals surface area contributed by atoms with Crippen LogP contribution < -0.4 is 5.32 Å². The lowest BCUT2D eigenvalue weighted by Gasteiger charge is -2.31. The molecule has 0 unspecified atom stereocenters. The van der Waals surface area contributed by atoms with Crippen LogP contribution >= 0.6 is 0 Å². The van der Waals surface area contributed by atoms with Crippen LogP contribution in [0.15, 0.2) is 36.4 Å². The predicted molar refractivity (Wildman–Crippen MR) is 97.4 cm³/mol. The molecule has 0 saturated carbocycles. The number of rotatable bonds is 4. The first-order valence-electron chi connectivity index (χ1n) is 8.77. The molecule has 1 amide bonds. The number of nitrogens with zero attached hydrogens (tertiary/aromatic N) is 2. The Hall–Kier alpha value is -2.07. The van der Waals surface area contributed by atoms with Gasteiger partial charge in [-0.1, -0.05) is 30.3 Å². The molecular formula is C20H27N3O. The maximum absolute atomic E-state index is 12.9. The van der Waals surface area contributed by atoms with Crippen LogP contribution in [-0.4, -0.2) is 41.6 Å². The molecule has 3 rings (SSSR count). The lowest BCUT2D eigenvalue weighted by Crippen LogP contribution is -2.44. The molecule has 0 bridgehead atoms. The van der Waals surface area contributed by atoms with Gasteiger partial charge < -0.3 is 14.8 Å². The first kappa shape index (κ1) is 16.8. The third kappa shape index (κ3) is 3.39. The Morgan fingerprint density at radius 1 is 1.17 bits per heavy atom. The highest BCUT2D eigenvalue weighted by molar-refractivity contribution is 5.95. The SMILES string of the molecule is CNC1CCN(C(=O)c2cc(C)n(Cc3ccccc3)c2C)CC1. The van der Waals surface area contributed by atoms with Crippen molar-refractivity contribution in [3.63, 3.8) is 0 Å². The highest BCUT2D eigenvalue weighted by atomic mass is 16.2. The number of amides is 1. The molecule has 2 heterocycles. The van der Waals surface area contributed by atoms with E-state index in [2.05, 4.69) is 48.0 Å². The third-order valence-corrected chi connectivity index (χ3v) is 5.18. The second kappa shape index (κ2) is 7.22. The second-order valence-electron chi connectivity index (χ2n) is 6.71. The zero-order chi connectivity index (χ0) is 17.1. The summed E-state index contributed by atoms with van der Waals surface area (Å²) in [5.41, 5.74) is 4.32. The fourth-order valence-corrected chi connectivity index (χ4v) is 3.57. The minimum Gasteiger partial charge on any atom is -0.344 e. The average Bonchev–Trinajstić information content (AvgIpc) is 2.90. The number of likely N-dealkylation sites (tertiary alicyclic amines) is 1. The van der Waals surface area contributed by atoms with Crippen molar-refractivity contribution in [2.45, 2.75) is 39.3 Å². The minimum atomic E-state index is 0.178. The highest BCUT2D eigenvalue weighted by Crippen LogP contribution is 2.21. The Morgan fingerprint density at radius 2 is 1.83 bits per heavy atom. The van der Waals surface area contributed by atoms with Crippen LogP contribution in [0.3, 0.4) is 0 Å². The maximum atomic E-state index is 12.9. The molecule has 0 aliphatic carbocycles. The first-order valence-corrected chi connectivity index (χ1v) is 8.77. The standard InChI is InChI=1S/C20H27N3O/c1-15-13-19(20(24)22-11-9-18(21-3)10-12-22)16(2)23(15)14-17-7-5-4-6-8-17/h4-8,13,18,21H,9-12,14H2,1-3H3. The van der Waals surface area contributed by atoms with E-state index in [0.717, 1.165) is 49.4 Å². The monoisotopic (exact) mass is 325 g/mol. The molecule has 1 saturated heterocycles. The van der Waals surface area contributed by atoms with E-state index in [1.165, 1.54) is 5.56 Å². The number of aromatic nitrogens is 1. The number of nitrogens with one attached hydrogen (secondary N) is 1. The van der Waals surface area contributed by atoms with Crippen LogP contribution in [0.25, 0.3) is 0 Å². The van der Waals surface area contributed by atoms with Crippen molar-refractivity contribution in [2.24, 2.45) is 0 Å². The maximum Gasteiger partial charge on any atom is 0.255 e. The Kier molecular flexibility index (Phi) is 5.05. The number of carbonyl (C=O) groups excluding carboxylic acids is 1. The van der Waals surface area contributed by atoms with Crippen molar-refractivity contribution in [1.82, 2.24) is 14.8 Å². The summed E-state index contributed by atoms with van der Waals surface area (Å²) in [5, 5.41) is 3.31. The van der Waals surface area contributed by atoms with Crippen LogP contribution in [0.4, 0.5) is 0 Å². The molecule has 1 aromatic heterocycles. The quantitative estimate of drug-likeness (QED) is 0.938. The lowest BCUT2D eigenvalue weighted by atomic mass is 10.0. The fourth-order valence-electron chi connectivity index (χ4n) is 3.57. The molecule has 4 heteroatoms. The molecule has 128 valence electrons. The van der Waals surface area contributed by atoms with E-state index in [-0.39, 0.29) is 5.91 Å². The van der Waals surface area contributed by atoms with Gasteiger partial charge in [-0.15, -0.1) is 0 Å². The molecule has 0 atom stereocenters. The van der Waals surface area contributed by atoms with Crippen molar-refractivity contribution in [3.05, 3.63) is 58.9 Å². The van der Waals surface area contributed by atoms with E-state index in [9.17, 15) is 4.79 Å². The van der Waals surface area contributed by atoms with Crippen molar-refractivity contribution in [1.29, 1.82) is 0 Å². The summed E-state index contributed by atoms with van der Waals surface area (Å²) >= 11 is 0. The van der Waals surface area contributed by atoms with E-state index >= 15 is 0 Å². The third-order valence-electron chi connectivity index (χ3n) is 5.18. The number of piperidine rings is 1. The van der Waals surface area contributed by atoms with Gasteiger partial charge in [0.2, 0.25) is 0 Å². The summed E-state index contributed by atoms with van der Waals surface area (Å²) in [5.74, 6) is 0.178. The molecule has 1 aliphatic heterocycles. The zero-order valence-electron chi connectivity index (χ0n) is 14.9. The average molecular weight is 325 g/mol. The van der Waals surface area contributed by atoms with Gasteiger partial charge in [0, 0.05) is 37.1 Å². The first-order chi connectivity index (χ1) is 11.6. The molecule has 24 heavy (non-hydrogen) atoms. The topological polar surface area (TPSA) is 37.3 Å². The normalized spacial score (nSPS) is 15.7. The van der Waals surface area contributed by atoms with Gasteiger partial charge in [-0.3, -0.25) is 4.79 Å². The summed E-state index contributed by atoms with van der Waals surface area (Å²) in [7, 11) is 2.00. The summed E-state index contributed by atoms with van der Waals surface area (Å²) in [6, 6.07) is 13.0. The highest BCUT2D eigenvalue weighted by Gasteiger charge is 2.25. The molecule has 4 nitrogen and oxygen atoms in total. The molecule has 1 aromatic carbocycles. The van der Waals surface area contributed by atoms with Gasteiger partial charge in [-0.05, 0) is 45.4 Å². The number of carbonyl (C=O) groups is 1. The molecule has 0 spiro atoms. The Balaban J connectivity index is 1.77. The second-order valence-corrected chi connectivity index (χ2v) is 6.71. The molecule has 2 aromatic rings. The van der Waals surface area contributed by atoms with Gasteiger partial charge in [0.05, 0.1) is 5.56 Å². The van der Waals surface area contributed by atoms with E-state index in [4.69, 9.17) is 0 Å². The summed E-state index contributed by atoms with van der Waals surface area (Å²) in [6.07, 6.45) is 2.07. The number of hydrogen-bond acceptors (Lipinski definition) is 2. The van der Waals surface area contributed by atoms with E-state index < -0.39 is 0 Å². The Morgan fingerprint density at radius 3 is 2.46 bits per heavy atom. The van der Waals surface area contributed by atoms with Gasteiger partial charge >= 0.3 is 0 Å². The van der Waals surface area contributed by atoms with Crippen molar-refractivity contribution < 1.29 is 4.79 Å². The molecular weight excluding hydrogens is 298 g/mol. The molecule has 1 N–H and O–H groups in total. The number of hydrogen-bond donors (Lipinski definition) is 1. The van der Waals surface area contributed by atoms with E-state index in [0.29, 0.717) is 6.04 Å². The van der Waals surface area contributed by atoms with Gasteiger partial charge in [0.15, 0.2) is 0 Å². The van der Waals surface area contributed by atoms with Crippen LogP contribution in [0.2, 0.25) is 0 Å². The van der Waals surface area contributed by atoms with Crippen LogP contribution in [0.5, 0.6) is 0 Å². The van der Waals surface area contributed by atoms with Gasteiger partial charge in [0.25, 0.3) is 5.91 Å². The number of aryl methyl sites for hydroxylation is 1. The van der Waals surface area contributed by atoms with E-state index in [1.54, 1.807) is 0 Å². The minimum absolute atomic E-state index is 0.178. The zero-order valence-corrected chi connectivity index (χ0v) is 14.9. The fraction of sp³-hybridized carbons (Fsp3) is 0.450. The van der Waals surface area contributed by atoms with Crippen molar-refractivity contribution in [2.75, 3.05) is 20.1 Å². The van der Waals surface area contributed by atoms with Gasteiger partial charge in [-0.2, -0.15) is 0 Å².